The van der Waals surface area contributed by atoms with Crippen LogP contribution in [0.2, 0.25) is 0 Å². The quantitative estimate of drug-likeness (QED) is 0.0886. The maximum absolute atomic E-state index is 15.3. The maximum Gasteiger partial charge on any atom is 0.313 e. The zero-order chi connectivity index (χ0) is 40.7. The number of ether oxygens (including phenoxy) is 2. The van der Waals surface area contributed by atoms with E-state index in [9.17, 15) is 14.7 Å². The molecule has 1 unspecified atom stereocenters. The van der Waals surface area contributed by atoms with E-state index in [-0.39, 0.29) is 43.1 Å². The molecule has 1 spiro atoms. The Hall–Kier alpha value is -4.78. The lowest BCUT2D eigenvalue weighted by atomic mass is 9.70. The van der Waals surface area contributed by atoms with Crippen molar-refractivity contribution < 1.29 is 33.8 Å². The van der Waals surface area contributed by atoms with E-state index >= 15 is 9.59 Å². The summed E-state index contributed by atoms with van der Waals surface area (Å²) in [5, 5.41) is 13.9. The molecule has 3 fully saturated rings. The summed E-state index contributed by atoms with van der Waals surface area (Å²) < 4.78 is 13.1. The lowest BCUT2D eigenvalue weighted by Gasteiger charge is -2.39. The third kappa shape index (κ3) is 8.44. The molecule has 2 N–H and O–H groups in total. The summed E-state index contributed by atoms with van der Waals surface area (Å²) >= 11 is 3.77. The average Bonchev–Trinajstić information content (AvgIpc) is 3.84. The van der Waals surface area contributed by atoms with Crippen molar-refractivity contribution in [3.63, 3.8) is 0 Å². The monoisotopic (exact) mass is 840 g/mol. The number of likely N-dealkylation sites (tertiary alicyclic amines) is 1. The minimum absolute atomic E-state index is 0.0198. The van der Waals surface area contributed by atoms with E-state index < -0.39 is 66.1 Å². The summed E-state index contributed by atoms with van der Waals surface area (Å²) in [6, 6.07) is 24.3. The van der Waals surface area contributed by atoms with Gasteiger partial charge in [-0.25, -0.2) is 0 Å². The standard InChI is InChI=1S/C45H53BrN4O7/c1-5-9-20-37(52)47-28-36(31-18-14-11-15-19-31)56-44(55)38-39-42(53)50(34(29-51)26-30-16-12-10-13-17-30)41(45(39)27-35(46)40(38)57-45)43(54)49(25-6-2)33-23-21-32(22-24-33)48(7-3)8-4/h5-6,10-19,21-24,34-36,38-41,51H,1-2,7-9,20,25-29H2,3-4H3,(H,47,52)/t34-,35?,36+,38+,39-,40+,41+,45-/m1/s1. The number of aliphatic hydroxyl groups is 1. The number of hydrogen-bond acceptors (Lipinski definition) is 8. The molecule has 11 nitrogen and oxygen atoms in total. The number of aliphatic hydroxyl groups excluding tert-OH is 1. The molecule has 3 aromatic rings. The second-order valence-electron chi connectivity index (χ2n) is 14.8. The minimum atomic E-state index is -1.41. The van der Waals surface area contributed by atoms with Crippen molar-refractivity contribution in [2.75, 3.05) is 42.6 Å². The number of nitrogens with zero attached hydrogens (tertiary/aromatic N) is 3. The predicted molar refractivity (Wildman–Crippen MR) is 224 cm³/mol. The molecule has 3 aromatic carbocycles. The van der Waals surface area contributed by atoms with Gasteiger partial charge < -0.3 is 34.6 Å². The molecule has 8 atom stereocenters. The van der Waals surface area contributed by atoms with Crippen molar-refractivity contribution in [3.8, 4) is 0 Å². The molecule has 6 rings (SSSR count). The molecule has 3 saturated heterocycles. The first-order valence-corrected chi connectivity index (χ1v) is 20.7. The first-order chi connectivity index (χ1) is 27.6. The van der Waals surface area contributed by atoms with E-state index in [2.05, 4.69) is 53.2 Å². The summed E-state index contributed by atoms with van der Waals surface area (Å²) in [7, 11) is 0. The average molecular weight is 842 g/mol. The van der Waals surface area contributed by atoms with Crippen LogP contribution in [0.5, 0.6) is 0 Å². The van der Waals surface area contributed by atoms with Crippen molar-refractivity contribution in [1.29, 1.82) is 0 Å². The fourth-order valence-electron chi connectivity index (χ4n) is 8.82. The Bertz CT molecular complexity index is 1890. The number of nitrogens with one attached hydrogen (secondary N) is 1. The number of benzene rings is 3. The predicted octanol–water partition coefficient (Wildman–Crippen LogP) is 5.77. The topological polar surface area (TPSA) is 129 Å². The Labute approximate surface area is 343 Å². The SMILES string of the molecule is C=CCCC(=O)NC[C@H](OC(=O)[C@@H]1[C@H]2O[C@@]3(CC2Br)[C@H](C(=O)N(CC=C)c2ccc(N(CC)CC)cc2)N([C@@H](CO)Cc2ccccc2)C(=O)[C@@H]13)c1ccccc1. The molecule has 0 aliphatic carbocycles. The highest BCUT2D eigenvalue weighted by molar-refractivity contribution is 9.09. The van der Waals surface area contributed by atoms with Crippen molar-refractivity contribution in [1.82, 2.24) is 10.2 Å². The first-order valence-electron chi connectivity index (χ1n) is 19.8. The number of carbonyl (C=O) groups excluding carboxylic acids is 4. The Morgan fingerprint density at radius 2 is 1.65 bits per heavy atom. The van der Waals surface area contributed by atoms with Gasteiger partial charge in [-0.05, 0) is 68.5 Å². The summed E-state index contributed by atoms with van der Waals surface area (Å²) in [5.74, 6) is -3.86. The lowest BCUT2D eigenvalue weighted by molar-refractivity contribution is -0.160. The van der Waals surface area contributed by atoms with E-state index in [1.165, 1.54) is 4.90 Å². The second kappa shape index (κ2) is 18.7. The Balaban J connectivity index is 1.38. The Morgan fingerprint density at radius 1 is 1.00 bits per heavy atom. The number of halogens is 1. The van der Waals surface area contributed by atoms with Crippen LogP contribution in [-0.4, -0.2) is 95.1 Å². The first kappa shape index (κ1) is 41.8. The molecule has 3 aliphatic heterocycles. The van der Waals surface area contributed by atoms with Gasteiger partial charge in [-0.2, -0.15) is 0 Å². The fourth-order valence-corrected chi connectivity index (χ4v) is 9.76. The van der Waals surface area contributed by atoms with Gasteiger partial charge in [0.1, 0.15) is 17.7 Å². The molecule has 57 heavy (non-hydrogen) atoms. The van der Waals surface area contributed by atoms with Crippen LogP contribution in [0.15, 0.2) is 110 Å². The smallest absolute Gasteiger partial charge is 0.313 e. The summed E-state index contributed by atoms with van der Waals surface area (Å²) in [6.45, 7) is 13.2. The molecule has 3 aliphatic rings. The number of rotatable bonds is 19. The van der Waals surface area contributed by atoms with Gasteiger partial charge in [0.25, 0.3) is 5.91 Å². The number of alkyl halides is 1. The largest absolute Gasteiger partial charge is 0.455 e. The van der Waals surface area contributed by atoms with Gasteiger partial charge in [-0.15, -0.1) is 13.2 Å². The number of esters is 1. The maximum atomic E-state index is 15.3. The third-order valence-corrected chi connectivity index (χ3v) is 12.4. The highest BCUT2D eigenvalue weighted by Gasteiger charge is 2.77. The van der Waals surface area contributed by atoms with Gasteiger partial charge in [-0.3, -0.25) is 19.2 Å². The van der Waals surface area contributed by atoms with Crippen LogP contribution in [0.25, 0.3) is 0 Å². The number of anilines is 2. The molecule has 0 radical (unpaired) electrons. The van der Waals surface area contributed by atoms with Crippen LogP contribution < -0.4 is 15.1 Å². The molecule has 0 saturated carbocycles. The van der Waals surface area contributed by atoms with Gasteiger partial charge in [0.05, 0.1) is 37.1 Å². The Morgan fingerprint density at radius 3 is 2.26 bits per heavy atom. The van der Waals surface area contributed by atoms with E-state index in [0.29, 0.717) is 17.7 Å². The fraction of sp³-hybridized carbons (Fsp3) is 0.422. The van der Waals surface area contributed by atoms with Crippen LogP contribution in [0, 0.1) is 11.8 Å². The van der Waals surface area contributed by atoms with E-state index in [1.807, 2.05) is 84.9 Å². The number of amides is 3. The van der Waals surface area contributed by atoms with Crippen LogP contribution in [0.3, 0.4) is 0 Å². The van der Waals surface area contributed by atoms with Crippen molar-refractivity contribution in [2.24, 2.45) is 11.8 Å². The molecule has 302 valence electrons. The highest BCUT2D eigenvalue weighted by atomic mass is 79.9. The summed E-state index contributed by atoms with van der Waals surface area (Å²) in [5.41, 5.74) is 1.77. The van der Waals surface area contributed by atoms with Gasteiger partial charge in [0.2, 0.25) is 11.8 Å². The molecular weight excluding hydrogens is 788 g/mol. The van der Waals surface area contributed by atoms with Crippen LogP contribution in [-0.2, 0) is 35.1 Å². The number of hydrogen-bond donors (Lipinski definition) is 2. The van der Waals surface area contributed by atoms with Crippen LogP contribution >= 0.6 is 15.9 Å². The van der Waals surface area contributed by atoms with Crippen LogP contribution in [0.4, 0.5) is 11.4 Å². The van der Waals surface area contributed by atoms with Crippen LogP contribution in [0.1, 0.15) is 50.3 Å². The van der Waals surface area contributed by atoms with Crippen molar-refractivity contribution >= 4 is 51.0 Å². The normalized spacial score (nSPS) is 24.3. The molecule has 2 bridgehead atoms. The zero-order valence-corrected chi connectivity index (χ0v) is 34.3. The van der Waals surface area contributed by atoms with Crippen molar-refractivity contribution in [2.45, 2.75) is 74.3 Å². The molecule has 3 amide bonds. The number of carbonyl (C=O) groups is 4. The second-order valence-corrected chi connectivity index (χ2v) is 16.0. The third-order valence-electron chi connectivity index (χ3n) is 11.5. The summed E-state index contributed by atoms with van der Waals surface area (Å²) in [6.07, 6.45) is 2.97. The molecule has 3 heterocycles. The molecular formula is C45H53BrN4O7. The van der Waals surface area contributed by atoms with E-state index in [0.717, 1.165) is 24.3 Å². The van der Waals surface area contributed by atoms with Gasteiger partial charge in [0.15, 0.2) is 0 Å². The van der Waals surface area contributed by atoms with E-state index in [1.54, 1.807) is 17.1 Å². The summed E-state index contributed by atoms with van der Waals surface area (Å²) in [4.78, 5) is 62.6. The minimum Gasteiger partial charge on any atom is -0.455 e. The highest BCUT2D eigenvalue weighted by Crippen LogP contribution is 2.61. The molecule has 0 aromatic heterocycles. The van der Waals surface area contributed by atoms with E-state index in [4.69, 9.17) is 9.47 Å². The van der Waals surface area contributed by atoms with Gasteiger partial charge >= 0.3 is 5.97 Å². The van der Waals surface area contributed by atoms with Gasteiger partial charge in [-0.1, -0.05) is 88.7 Å². The van der Waals surface area contributed by atoms with Gasteiger partial charge in [0, 0.05) is 42.3 Å². The lowest BCUT2D eigenvalue weighted by Crippen LogP contribution is -2.59. The number of allylic oxidation sites excluding steroid dienone is 1. The van der Waals surface area contributed by atoms with Crippen molar-refractivity contribution in [3.05, 3.63) is 121 Å². The Kier molecular flexibility index (Phi) is 13.7. The zero-order valence-electron chi connectivity index (χ0n) is 32.7. The number of fused-ring (bicyclic) bond motifs is 1. The molecule has 12 heteroatoms.